The van der Waals surface area contributed by atoms with E-state index in [1.54, 1.807) is 21.0 Å². The number of tetrazole rings is 1. The first kappa shape index (κ1) is 17.8. The van der Waals surface area contributed by atoms with Crippen LogP contribution in [-0.4, -0.2) is 48.7 Å². The number of para-hydroxylation sites is 2. The number of fused-ring (bicyclic) bond motifs is 2. The Bertz CT molecular complexity index is 1210. The topological polar surface area (TPSA) is 99.9 Å². The second-order valence-electron chi connectivity index (χ2n) is 6.50. The minimum absolute atomic E-state index is 0.0858. The Morgan fingerprint density at radius 3 is 2.90 bits per heavy atom. The Hall–Kier alpha value is -3.27. The summed E-state index contributed by atoms with van der Waals surface area (Å²) >= 11 is 1.55. The molecule has 0 spiro atoms. The molecule has 0 atom stereocenters. The molecule has 0 amide bonds. The maximum absolute atomic E-state index is 12.2. The first-order valence-corrected chi connectivity index (χ1v) is 10.3. The molecule has 1 N–H and O–H groups in total. The molecule has 0 fully saturated rings. The molecule has 2 aromatic carbocycles. The summed E-state index contributed by atoms with van der Waals surface area (Å²) in [4.78, 5) is 15.0. The SMILES string of the molecule is O=c1[nH]c2ccccc2n1CCCSc1nnnn1-c1ccc2c(c1)OCCO2. The van der Waals surface area contributed by atoms with Crippen LogP contribution in [0, 0.1) is 0 Å². The fourth-order valence-electron chi connectivity index (χ4n) is 3.31. The molecule has 5 rings (SSSR count). The highest BCUT2D eigenvalue weighted by molar-refractivity contribution is 7.99. The van der Waals surface area contributed by atoms with E-state index in [0.29, 0.717) is 30.7 Å². The van der Waals surface area contributed by atoms with Crippen molar-refractivity contribution in [2.24, 2.45) is 0 Å². The number of H-pyrrole nitrogens is 1. The lowest BCUT2D eigenvalue weighted by molar-refractivity contribution is 0.171. The van der Waals surface area contributed by atoms with Crippen molar-refractivity contribution in [1.82, 2.24) is 29.8 Å². The molecule has 0 aliphatic carbocycles. The van der Waals surface area contributed by atoms with Crippen molar-refractivity contribution < 1.29 is 9.47 Å². The van der Waals surface area contributed by atoms with Crippen LogP contribution in [0.2, 0.25) is 0 Å². The van der Waals surface area contributed by atoms with E-state index in [0.717, 1.165) is 34.6 Å². The molecule has 3 heterocycles. The molecule has 2 aromatic heterocycles. The van der Waals surface area contributed by atoms with Gasteiger partial charge in [0.15, 0.2) is 11.5 Å². The van der Waals surface area contributed by atoms with E-state index in [4.69, 9.17) is 9.47 Å². The number of thioether (sulfide) groups is 1. The third kappa shape index (κ3) is 3.46. The van der Waals surface area contributed by atoms with Gasteiger partial charge in [0.25, 0.3) is 0 Å². The maximum atomic E-state index is 12.2. The van der Waals surface area contributed by atoms with E-state index < -0.39 is 0 Å². The number of aromatic nitrogens is 6. The molecular formula is C19H18N6O3S. The van der Waals surface area contributed by atoms with E-state index >= 15 is 0 Å². The maximum Gasteiger partial charge on any atom is 0.326 e. The first-order valence-electron chi connectivity index (χ1n) is 9.28. The van der Waals surface area contributed by atoms with Crippen LogP contribution in [0.3, 0.4) is 0 Å². The molecule has 0 unspecified atom stereocenters. The van der Waals surface area contributed by atoms with Gasteiger partial charge >= 0.3 is 5.69 Å². The summed E-state index contributed by atoms with van der Waals surface area (Å²) in [6, 6.07) is 13.3. The molecule has 0 bridgehead atoms. The normalized spacial score (nSPS) is 13.1. The van der Waals surface area contributed by atoms with Crippen LogP contribution in [0.15, 0.2) is 52.4 Å². The van der Waals surface area contributed by atoms with E-state index in [1.807, 2.05) is 42.5 Å². The van der Waals surface area contributed by atoms with Gasteiger partial charge < -0.3 is 14.5 Å². The summed E-state index contributed by atoms with van der Waals surface area (Å²) in [6.45, 7) is 1.71. The zero-order chi connectivity index (χ0) is 19.6. The lowest BCUT2D eigenvalue weighted by atomic mass is 10.2. The van der Waals surface area contributed by atoms with E-state index in [2.05, 4.69) is 20.5 Å². The fourth-order valence-corrected chi connectivity index (χ4v) is 4.12. The van der Waals surface area contributed by atoms with Gasteiger partial charge in [-0.2, -0.15) is 4.68 Å². The second kappa shape index (κ2) is 7.63. The predicted molar refractivity (Wildman–Crippen MR) is 108 cm³/mol. The largest absolute Gasteiger partial charge is 0.486 e. The summed E-state index contributed by atoms with van der Waals surface area (Å²) in [5, 5.41) is 12.7. The van der Waals surface area contributed by atoms with Crippen LogP contribution < -0.4 is 15.2 Å². The lowest BCUT2D eigenvalue weighted by Crippen LogP contribution is -2.17. The van der Waals surface area contributed by atoms with Crippen molar-refractivity contribution in [3.63, 3.8) is 0 Å². The molecule has 0 saturated heterocycles. The molecule has 9 nitrogen and oxygen atoms in total. The van der Waals surface area contributed by atoms with Crippen molar-refractivity contribution in [2.75, 3.05) is 19.0 Å². The number of hydrogen-bond acceptors (Lipinski definition) is 7. The minimum atomic E-state index is -0.0858. The Morgan fingerprint density at radius 1 is 1.10 bits per heavy atom. The average molecular weight is 410 g/mol. The molecular weight excluding hydrogens is 392 g/mol. The third-order valence-electron chi connectivity index (χ3n) is 4.65. The zero-order valence-electron chi connectivity index (χ0n) is 15.4. The predicted octanol–water partition coefficient (Wildman–Crippen LogP) is 2.26. The first-order chi connectivity index (χ1) is 14.3. The summed E-state index contributed by atoms with van der Waals surface area (Å²) in [7, 11) is 0. The highest BCUT2D eigenvalue weighted by Gasteiger charge is 2.15. The van der Waals surface area contributed by atoms with E-state index in [9.17, 15) is 4.79 Å². The monoisotopic (exact) mass is 410 g/mol. The number of ether oxygens (including phenoxy) is 2. The number of imidazole rings is 1. The number of nitrogens with zero attached hydrogens (tertiary/aromatic N) is 5. The number of aryl methyl sites for hydroxylation is 1. The minimum Gasteiger partial charge on any atom is -0.486 e. The molecule has 10 heteroatoms. The van der Waals surface area contributed by atoms with Crippen LogP contribution in [-0.2, 0) is 6.54 Å². The van der Waals surface area contributed by atoms with Gasteiger partial charge in [0.05, 0.1) is 16.7 Å². The van der Waals surface area contributed by atoms with Gasteiger partial charge in [-0.05, 0) is 41.1 Å². The van der Waals surface area contributed by atoms with Gasteiger partial charge in [-0.25, -0.2) is 4.79 Å². The van der Waals surface area contributed by atoms with Gasteiger partial charge in [-0.3, -0.25) is 4.57 Å². The highest BCUT2D eigenvalue weighted by Crippen LogP contribution is 2.32. The summed E-state index contributed by atoms with van der Waals surface area (Å²) in [5.74, 6) is 2.20. The van der Waals surface area contributed by atoms with Crippen LogP contribution in [0.5, 0.6) is 11.5 Å². The Kier molecular flexibility index (Phi) is 4.68. The van der Waals surface area contributed by atoms with Gasteiger partial charge in [-0.15, -0.1) is 5.10 Å². The van der Waals surface area contributed by atoms with Crippen LogP contribution in [0.4, 0.5) is 0 Å². The van der Waals surface area contributed by atoms with Crippen molar-refractivity contribution >= 4 is 22.8 Å². The number of benzene rings is 2. The zero-order valence-corrected chi connectivity index (χ0v) is 16.3. The molecule has 4 aromatic rings. The van der Waals surface area contributed by atoms with Gasteiger partial charge in [0.2, 0.25) is 5.16 Å². The fraction of sp³-hybridized carbons (Fsp3) is 0.263. The molecule has 148 valence electrons. The van der Waals surface area contributed by atoms with Crippen LogP contribution >= 0.6 is 11.8 Å². The molecule has 1 aliphatic heterocycles. The summed E-state index contributed by atoms with van der Waals surface area (Å²) < 4.78 is 14.6. The Balaban J connectivity index is 1.26. The number of rotatable bonds is 6. The Labute approximate surface area is 169 Å². The average Bonchev–Trinajstić information content (AvgIpc) is 3.34. The van der Waals surface area contributed by atoms with Gasteiger partial charge in [-0.1, -0.05) is 23.9 Å². The van der Waals surface area contributed by atoms with Crippen molar-refractivity contribution in [1.29, 1.82) is 0 Å². The lowest BCUT2D eigenvalue weighted by Gasteiger charge is -2.18. The van der Waals surface area contributed by atoms with Crippen LogP contribution in [0.1, 0.15) is 6.42 Å². The quantitative estimate of drug-likeness (QED) is 0.384. The molecule has 0 radical (unpaired) electrons. The highest BCUT2D eigenvalue weighted by atomic mass is 32.2. The van der Waals surface area contributed by atoms with E-state index in [1.165, 1.54) is 0 Å². The van der Waals surface area contributed by atoms with E-state index in [-0.39, 0.29) is 5.69 Å². The summed E-state index contributed by atoms with van der Waals surface area (Å²) in [6.07, 6.45) is 0.806. The standard InChI is InChI=1S/C19H18N6O3S/c26-18-20-14-4-1-2-5-15(14)24(18)8-3-11-29-19-21-22-23-25(19)13-6-7-16-17(12-13)28-10-9-27-16/h1-2,4-7,12H,3,8-11H2,(H,20,26). The van der Waals surface area contributed by atoms with Crippen LogP contribution in [0.25, 0.3) is 16.7 Å². The summed E-state index contributed by atoms with van der Waals surface area (Å²) in [5.41, 5.74) is 2.50. The van der Waals surface area contributed by atoms with Crippen molar-refractivity contribution in [3.05, 3.63) is 52.9 Å². The number of aromatic amines is 1. The molecule has 1 aliphatic rings. The van der Waals surface area contributed by atoms with Crippen molar-refractivity contribution in [3.8, 4) is 17.2 Å². The smallest absolute Gasteiger partial charge is 0.326 e. The third-order valence-corrected chi connectivity index (χ3v) is 5.66. The Morgan fingerprint density at radius 2 is 1.97 bits per heavy atom. The van der Waals surface area contributed by atoms with Gasteiger partial charge in [0.1, 0.15) is 13.2 Å². The number of nitrogens with one attached hydrogen (secondary N) is 1. The second-order valence-corrected chi connectivity index (χ2v) is 7.56. The van der Waals surface area contributed by atoms with Gasteiger partial charge in [0, 0.05) is 18.4 Å². The molecule has 0 saturated carbocycles. The molecule has 29 heavy (non-hydrogen) atoms. The van der Waals surface area contributed by atoms with Crippen molar-refractivity contribution in [2.45, 2.75) is 18.1 Å². The number of hydrogen-bond donors (Lipinski definition) is 1.